The van der Waals surface area contributed by atoms with Gasteiger partial charge in [0.15, 0.2) is 0 Å². The molecule has 1 aliphatic heterocycles. The minimum absolute atomic E-state index is 0.232. The smallest absolute Gasteiger partial charge is 0.268 e. The summed E-state index contributed by atoms with van der Waals surface area (Å²) in [5.41, 5.74) is 4.18. The van der Waals surface area contributed by atoms with Crippen LogP contribution in [0, 0.1) is 6.92 Å². The Morgan fingerprint density at radius 1 is 0.931 bits per heavy atom. The average molecular weight is 470 g/mol. The lowest BCUT2D eigenvalue weighted by Crippen LogP contribution is -2.26. The molecule has 4 nitrogen and oxygen atoms in total. The molecular formula is C23H20BrNO3S. The quantitative estimate of drug-likeness (QED) is 0.472. The van der Waals surface area contributed by atoms with E-state index < -0.39 is 10.0 Å². The van der Waals surface area contributed by atoms with Crippen molar-refractivity contribution >= 4 is 37.4 Å². The van der Waals surface area contributed by atoms with Gasteiger partial charge in [0, 0.05) is 15.6 Å². The summed E-state index contributed by atoms with van der Waals surface area (Å²) < 4.78 is 35.3. The number of hydrogen-bond acceptors (Lipinski definition) is 3. The van der Waals surface area contributed by atoms with E-state index in [1.54, 1.807) is 30.5 Å². The summed E-state index contributed by atoms with van der Waals surface area (Å²) in [5.74, 6) is 0.520. The number of benzene rings is 3. The van der Waals surface area contributed by atoms with Crippen LogP contribution in [0.15, 0.2) is 82.3 Å². The molecule has 0 radical (unpaired) electrons. The molecule has 0 N–H and O–H groups in total. The van der Waals surface area contributed by atoms with Crippen molar-refractivity contribution in [3.63, 3.8) is 0 Å². The predicted octanol–water partition coefficient (Wildman–Crippen LogP) is 5.97. The van der Waals surface area contributed by atoms with Crippen molar-refractivity contribution in [2.24, 2.45) is 0 Å². The molecule has 4 rings (SSSR count). The lowest BCUT2D eigenvalue weighted by atomic mass is 9.98. The number of anilines is 1. The number of ether oxygens (including phenoxy) is 1. The molecule has 6 heteroatoms. The van der Waals surface area contributed by atoms with E-state index in [9.17, 15) is 8.42 Å². The van der Waals surface area contributed by atoms with Crippen molar-refractivity contribution in [1.82, 2.24) is 0 Å². The first-order chi connectivity index (χ1) is 13.9. The molecule has 0 fully saturated rings. The van der Waals surface area contributed by atoms with Crippen molar-refractivity contribution in [2.75, 3.05) is 10.9 Å². The van der Waals surface area contributed by atoms with Crippen LogP contribution in [0.2, 0.25) is 0 Å². The number of halogens is 1. The van der Waals surface area contributed by atoms with Gasteiger partial charge in [-0.05, 0) is 49.7 Å². The highest BCUT2D eigenvalue weighted by molar-refractivity contribution is 9.10. The van der Waals surface area contributed by atoms with E-state index in [0.29, 0.717) is 18.1 Å². The monoisotopic (exact) mass is 469 g/mol. The molecular weight excluding hydrogens is 450 g/mol. The molecule has 0 saturated carbocycles. The van der Waals surface area contributed by atoms with Gasteiger partial charge in [-0.15, -0.1) is 0 Å². The lowest BCUT2D eigenvalue weighted by molar-refractivity contribution is 0.297. The van der Waals surface area contributed by atoms with Crippen molar-refractivity contribution in [3.05, 3.63) is 88.5 Å². The van der Waals surface area contributed by atoms with Crippen LogP contribution < -0.4 is 4.31 Å². The van der Waals surface area contributed by atoms with Crippen LogP contribution in [0.1, 0.15) is 18.1 Å². The molecule has 0 aliphatic carbocycles. The van der Waals surface area contributed by atoms with Gasteiger partial charge in [-0.1, -0.05) is 57.9 Å². The third-order valence-corrected chi connectivity index (χ3v) is 6.97. The van der Waals surface area contributed by atoms with Gasteiger partial charge >= 0.3 is 0 Å². The molecule has 1 heterocycles. The molecule has 0 atom stereocenters. The van der Waals surface area contributed by atoms with Gasteiger partial charge in [0.2, 0.25) is 0 Å². The first kappa shape index (κ1) is 19.7. The van der Waals surface area contributed by atoms with Gasteiger partial charge in [0.05, 0.1) is 23.4 Å². The molecule has 148 valence electrons. The zero-order chi connectivity index (χ0) is 20.6. The van der Waals surface area contributed by atoms with E-state index in [2.05, 4.69) is 15.9 Å². The summed E-state index contributed by atoms with van der Waals surface area (Å²) in [6.45, 7) is 4.24. The second-order valence-corrected chi connectivity index (χ2v) is 9.48. The molecule has 0 spiro atoms. The second kappa shape index (κ2) is 7.69. The van der Waals surface area contributed by atoms with Crippen molar-refractivity contribution in [2.45, 2.75) is 18.7 Å². The number of sulfonamides is 1. The fourth-order valence-corrected chi connectivity index (χ4v) is 5.11. The maximum atomic E-state index is 13.6. The lowest BCUT2D eigenvalue weighted by Gasteiger charge is -2.22. The summed E-state index contributed by atoms with van der Waals surface area (Å²) in [7, 11) is -3.84. The Morgan fingerprint density at radius 2 is 1.62 bits per heavy atom. The normalized spacial score (nSPS) is 13.2. The summed E-state index contributed by atoms with van der Waals surface area (Å²) in [6.07, 6.45) is 1.58. The molecule has 0 aromatic heterocycles. The van der Waals surface area contributed by atoms with Crippen LogP contribution in [-0.4, -0.2) is 15.0 Å². The van der Waals surface area contributed by atoms with Gasteiger partial charge in [-0.25, -0.2) is 12.7 Å². The van der Waals surface area contributed by atoms with Gasteiger partial charge in [-0.2, -0.15) is 0 Å². The highest BCUT2D eigenvalue weighted by Gasteiger charge is 2.30. The Morgan fingerprint density at radius 3 is 2.31 bits per heavy atom. The summed E-state index contributed by atoms with van der Waals surface area (Å²) >= 11 is 3.52. The second-order valence-electron chi connectivity index (χ2n) is 6.75. The maximum absolute atomic E-state index is 13.6. The van der Waals surface area contributed by atoms with Gasteiger partial charge in [0.1, 0.15) is 5.76 Å². The summed E-state index contributed by atoms with van der Waals surface area (Å²) in [5, 5.41) is 0. The maximum Gasteiger partial charge on any atom is 0.268 e. The molecule has 3 aromatic rings. The summed E-state index contributed by atoms with van der Waals surface area (Å²) in [4.78, 5) is 0.232. The standard InChI is InChI=1S/C23H20BrNO3S/c1-3-28-23-15-25(29(26,27)18-11-8-16(2)9-12-18)22-13-10-17(24)14-21(22)19-6-4-5-7-20(19)23/h4-15H,3H2,1-2H3. The first-order valence-corrected chi connectivity index (χ1v) is 11.5. The zero-order valence-electron chi connectivity index (χ0n) is 16.1. The number of nitrogens with zero attached hydrogens (tertiary/aromatic N) is 1. The number of aryl methyl sites for hydroxylation is 1. The number of hydrogen-bond donors (Lipinski definition) is 0. The van der Waals surface area contributed by atoms with E-state index in [-0.39, 0.29) is 4.90 Å². The van der Waals surface area contributed by atoms with E-state index >= 15 is 0 Å². The minimum atomic E-state index is -3.84. The SMILES string of the molecule is CCOC1=CN(S(=O)(=O)c2ccc(C)cc2)c2ccc(Br)cc2-c2ccccc21. The fourth-order valence-electron chi connectivity index (χ4n) is 3.39. The fraction of sp³-hybridized carbons (Fsp3) is 0.130. The predicted molar refractivity (Wildman–Crippen MR) is 120 cm³/mol. The van der Waals surface area contributed by atoms with Gasteiger partial charge in [-0.3, -0.25) is 0 Å². The Bertz CT molecular complexity index is 1200. The molecule has 1 aliphatic rings. The van der Waals surface area contributed by atoms with Crippen LogP contribution >= 0.6 is 15.9 Å². The van der Waals surface area contributed by atoms with E-state index in [1.165, 1.54) is 4.31 Å². The van der Waals surface area contributed by atoms with Gasteiger partial charge < -0.3 is 4.74 Å². The van der Waals surface area contributed by atoms with Crippen molar-refractivity contribution in [3.8, 4) is 11.1 Å². The van der Waals surface area contributed by atoms with Crippen molar-refractivity contribution < 1.29 is 13.2 Å². The van der Waals surface area contributed by atoms with Crippen LogP contribution in [-0.2, 0) is 14.8 Å². The first-order valence-electron chi connectivity index (χ1n) is 9.27. The molecule has 29 heavy (non-hydrogen) atoms. The largest absolute Gasteiger partial charge is 0.492 e. The third-order valence-electron chi connectivity index (χ3n) is 4.79. The molecule has 0 bridgehead atoms. The highest BCUT2D eigenvalue weighted by Crippen LogP contribution is 2.43. The van der Waals surface area contributed by atoms with Crippen LogP contribution in [0.5, 0.6) is 0 Å². The highest BCUT2D eigenvalue weighted by atomic mass is 79.9. The van der Waals surface area contributed by atoms with Crippen LogP contribution in [0.4, 0.5) is 5.69 Å². The average Bonchev–Trinajstić information content (AvgIpc) is 2.84. The Hall–Kier alpha value is -2.57. The Labute approximate surface area is 179 Å². The zero-order valence-corrected chi connectivity index (χ0v) is 18.5. The molecule has 0 amide bonds. The number of rotatable bonds is 4. The van der Waals surface area contributed by atoms with Crippen LogP contribution in [0.3, 0.4) is 0 Å². The van der Waals surface area contributed by atoms with E-state index in [1.807, 2.05) is 56.3 Å². The Balaban J connectivity index is 2.01. The third kappa shape index (κ3) is 3.58. The molecule has 3 aromatic carbocycles. The molecule has 0 unspecified atom stereocenters. The van der Waals surface area contributed by atoms with E-state index in [0.717, 1.165) is 26.7 Å². The Kier molecular flexibility index (Phi) is 5.23. The summed E-state index contributed by atoms with van der Waals surface area (Å²) in [6, 6.07) is 20.3. The topological polar surface area (TPSA) is 46.6 Å². The number of fused-ring (bicyclic) bond motifs is 3. The van der Waals surface area contributed by atoms with Gasteiger partial charge in [0.25, 0.3) is 10.0 Å². The van der Waals surface area contributed by atoms with E-state index in [4.69, 9.17) is 4.74 Å². The van der Waals surface area contributed by atoms with Crippen molar-refractivity contribution in [1.29, 1.82) is 0 Å². The van der Waals surface area contributed by atoms with Crippen LogP contribution in [0.25, 0.3) is 16.9 Å². The molecule has 0 saturated heterocycles. The minimum Gasteiger partial charge on any atom is -0.492 e.